The van der Waals surface area contributed by atoms with E-state index in [1.807, 2.05) is 0 Å². The fourth-order valence-electron chi connectivity index (χ4n) is 1.26. The number of ether oxygens (including phenoxy) is 1. The van der Waals surface area contributed by atoms with Gasteiger partial charge in [0.05, 0.1) is 23.2 Å². The molecule has 9 heteroatoms. The van der Waals surface area contributed by atoms with Crippen molar-refractivity contribution < 1.29 is 18.1 Å². The summed E-state index contributed by atoms with van der Waals surface area (Å²) in [5.41, 5.74) is -0.806. The van der Waals surface area contributed by atoms with Crippen molar-refractivity contribution in [2.24, 2.45) is 0 Å². The second-order valence-electron chi connectivity index (χ2n) is 3.06. The van der Waals surface area contributed by atoms with Gasteiger partial charge in [-0.3, -0.25) is 10.1 Å². The number of hydrogen-bond acceptors (Lipinski definition) is 6. The number of nitriles is 1. The van der Waals surface area contributed by atoms with E-state index in [2.05, 4.69) is 0 Å². The number of benzene rings is 1. The van der Waals surface area contributed by atoms with Gasteiger partial charge in [0.25, 0.3) is 9.05 Å². The molecular weight excluding hydrogens is 284 g/mol. The molecule has 0 amide bonds. The van der Waals surface area contributed by atoms with Crippen molar-refractivity contribution >= 4 is 25.4 Å². The standard InChI is InChI=1S/C9H7ClN2O5S/c1-2-17-9-7(12(13)14)3-6(5-11)4-8(9)18(10,15)16/h3-4H,2H2,1H3. The Morgan fingerprint density at radius 3 is 2.56 bits per heavy atom. The molecule has 1 aromatic carbocycles. The van der Waals surface area contributed by atoms with E-state index in [1.165, 1.54) is 6.92 Å². The highest BCUT2D eigenvalue weighted by Gasteiger charge is 2.27. The predicted molar refractivity (Wildman–Crippen MR) is 62.0 cm³/mol. The first-order valence-corrected chi connectivity index (χ1v) is 6.92. The molecule has 96 valence electrons. The lowest BCUT2D eigenvalue weighted by atomic mass is 10.2. The summed E-state index contributed by atoms with van der Waals surface area (Å²) in [4.78, 5) is 9.40. The van der Waals surface area contributed by atoms with E-state index < -0.39 is 30.3 Å². The first-order valence-electron chi connectivity index (χ1n) is 4.61. The normalized spacial score (nSPS) is 10.7. The summed E-state index contributed by atoms with van der Waals surface area (Å²) in [5, 5.41) is 19.5. The van der Waals surface area contributed by atoms with Crippen LogP contribution in [0.3, 0.4) is 0 Å². The highest BCUT2D eigenvalue weighted by molar-refractivity contribution is 8.13. The van der Waals surface area contributed by atoms with Crippen LogP contribution in [0.15, 0.2) is 17.0 Å². The first kappa shape index (κ1) is 14.2. The fraction of sp³-hybridized carbons (Fsp3) is 0.222. The van der Waals surface area contributed by atoms with Crippen molar-refractivity contribution in [2.45, 2.75) is 11.8 Å². The molecule has 1 rings (SSSR count). The third-order valence-electron chi connectivity index (χ3n) is 1.91. The van der Waals surface area contributed by atoms with Crippen molar-refractivity contribution in [3.8, 4) is 11.8 Å². The van der Waals surface area contributed by atoms with E-state index in [4.69, 9.17) is 20.7 Å². The maximum Gasteiger partial charge on any atom is 0.313 e. The Hall–Kier alpha value is -1.85. The molecule has 0 aliphatic rings. The molecule has 7 nitrogen and oxygen atoms in total. The van der Waals surface area contributed by atoms with E-state index in [-0.39, 0.29) is 12.2 Å². The second-order valence-corrected chi connectivity index (χ2v) is 5.60. The quantitative estimate of drug-likeness (QED) is 0.475. The molecule has 0 saturated heterocycles. The molecule has 18 heavy (non-hydrogen) atoms. The van der Waals surface area contributed by atoms with Crippen LogP contribution >= 0.6 is 10.7 Å². The van der Waals surface area contributed by atoms with E-state index in [9.17, 15) is 18.5 Å². The monoisotopic (exact) mass is 290 g/mol. The average Bonchev–Trinajstić information content (AvgIpc) is 2.27. The number of halogens is 1. The lowest BCUT2D eigenvalue weighted by molar-refractivity contribution is -0.386. The summed E-state index contributed by atoms with van der Waals surface area (Å²) in [6.07, 6.45) is 0. The summed E-state index contributed by atoms with van der Waals surface area (Å²) in [6.45, 7) is 1.55. The third-order valence-corrected chi connectivity index (χ3v) is 3.24. The van der Waals surface area contributed by atoms with Crippen LogP contribution in [0.5, 0.6) is 5.75 Å². The molecule has 0 saturated carbocycles. The summed E-state index contributed by atoms with van der Waals surface area (Å²) < 4.78 is 27.6. The molecule has 0 aromatic heterocycles. The first-order chi connectivity index (χ1) is 8.31. The van der Waals surface area contributed by atoms with Crippen LogP contribution in [0.2, 0.25) is 0 Å². The minimum atomic E-state index is -4.25. The molecule has 0 N–H and O–H groups in total. The smallest absolute Gasteiger partial charge is 0.313 e. The molecular formula is C9H7ClN2O5S. The maximum absolute atomic E-state index is 11.3. The molecule has 0 atom stereocenters. The highest BCUT2D eigenvalue weighted by Crippen LogP contribution is 2.37. The number of rotatable bonds is 4. The summed E-state index contributed by atoms with van der Waals surface area (Å²) >= 11 is 0. The largest absolute Gasteiger partial charge is 0.486 e. The van der Waals surface area contributed by atoms with Gasteiger partial charge in [-0.25, -0.2) is 8.42 Å². The van der Waals surface area contributed by atoms with Gasteiger partial charge in [0.15, 0.2) is 0 Å². The maximum atomic E-state index is 11.3. The van der Waals surface area contributed by atoms with Gasteiger partial charge in [-0.2, -0.15) is 5.26 Å². The Balaban J connectivity index is 3.72. The van der Waals surface area contributed by atoms with Crippen molar-refractivity contribution in [1.29, 1.82) is 5.26 Å². The van der Waals surface area contributed by atoms with Crippen molar-refractivity contribution in [3.05, 3.63) is 27.8 Å². The summed E-state index contributed by atoms with van der Waals surface area (Å²) in [5.74, 6) is -0.462. The Morgan fingerprint density at radius 1 is 1.56 bits per heavy atom. The molecule has 0 bridgehead atoms. The van der Waals surface area contributed by atoms with Crippen molar-refractivity contribution in [3.63, 3.8) is 0 Å². The Morgan fingerprint density at radius 2 is 2.17 bits per heavy atom. The average molecular weight is 291 g/mol. The molecule has 0 spiro atoms. The summed E-state index contributed by atoms with van der Waals surface area (Å²) in [6, 6.07) is 3.48. The zero-order valence-corrected chi connectivity index (χ0v) is 10.7. The predicted octanol–water partition coefficient (Wildman–Crippen LogP) is 1.79. The molecule has 0 aliphatic heterocycles. The SMILES string of the molecule is CCOc1c([N+](=O)[O-])cc(C#N)cc1S(=O)(=O)Cl. The van der Waals surface area contributed by atoms with E-state index in [0.29, 0.717) is 0 Å². The lowest BCUT2D eigenvalue weighted by Gasteiger charge is -2.08. The van der Waals surface area contributed by atoms with Gasteiger partial charge in [-0.05, 0) is 13.0 Å². The van der Waals surface area contributed by atoms with Gasteiger partial charge < -0.3 is 4.74 Å². The van der Waals surface area contributed by atoms with Gasteiger partial charge in [0.2, 0.25) is 5.75 Å². The zero-order valence-electron chi connectivity index (χ0n) is 9.08. The molecule has 0 heterocycles. The Labute approximate surface area is 107 Å². The second kappa shape index (κ2) is 5.20. The number of nitrogens with zero attached hydrogens (tertiary/aromatic N) is 2. The lowest BCUT2D eigenvalue weighted by Crippen LogP contribution is -2.04. The van der Waals surface area contributed by atoms with Crippen LogP contribution in [-0.2, 0) is 9.05 Å². The van der Waals surface area contributed by atoms with Gasteiger partial charge in [-0.1, -0.05) is 0 Å². The van der Waals surface area contributed by atoms with Crippen molar-refractivity contribution in [1.82, 2.24) is 0 Å². The highest BCUT2D eigenvalue weighted by atomic mass is 35.7. The van der Waals surface area contributed by atoms with Gasteiger partial charge in [-0.15, -0.1) is 0 Å². The Bertz CT molecular complexity index is 635. The zero-order chi connectivity index (χ0) is 13.9. The van der Waals surface area contributed by atoms with E-state index >= 15 is 0 Å². The molecule has 1 aromatic rings. The van der Waals surface area contributed by atoms with Crippen LogP contribution in [-0.4, -0.2) is 19.9 Å². The van der Waals surface area contributed by atoms with Crippen LogP contribution in [0.25, 0.3) is 0 Å². The van der Waals surface area contributed by atoms with Crippen LogP contribution in [0.1, 0.15) is 12.5 Å². The van der Waals surface area contributed by atoms with Crippen LogP contribution in [0, 0.1) is 21.4 Å². The third kappa shape index (κ3) is 2.88. The Kier molecular flexibility index (Phi) is 4.11. The number of hydrogen-bond donors (Lipinski definition) is 0. The molecule has 0 fully saturated rings. The summed E-state index contributed by atoms with van der Waals surface area (Å²) in [7, 11) is 0.913. The van der Waals surface area contributed by atoms with Gasteiger partial charge >= 0.3 is 5.69 Å². The minimum absolute atomic E-state index is 0.0200. The molecule has 0 aliphatic carbocycles. The minimum Gasteiger partial charge on any atom is -0.486 e. The van der Waals surface area contributed by atoms with E-state index in [1.54, 1.807) is 6.07 Å². The molecule has 0 unspecified atom stereocenters. The molecule has 0 radical (unpaired) electrons. The van der Waals surface area contributed by atoms with Crippen molar-refractivity contribution in [2.75, 3.05) is 6.61 Å². The van der Waals surface area contributed by atoms with Crippen LogP contribution in [0.4, 0.5) is 5.69 Å². The number of nitro benzene ring substituents is 1. The van der Waals surface area contributed by atoms with E-state index in [0.717, 1.165) is 12.1 Å². The fourth-order valence-corrected chi connectivity index (χ4v) is 2.25. The topological polar surface area (TPSA) is 110 Å². The van der Waals surface area contributed by atoms with Gasteiger partial charge in [0.1, 0.15) is 4.90 Å². The number of nitro groups is 1. The van der Waals surface area contributed by atoms with Crippen LogP contribution < -0.4 is 4.74 Å². The van der Waals surface area contributed by atoms with Gasteiger partial charge in [0, 0.05) is 16.7 Å².